The van der Waals surface area contributed by atoms with Crippen molar-refractivity contribution in [1.82, 2.24) is 24.8 Å². The number of aromatic nitrogens is 3. The number of fused-ring (bicyclic) bond motifs is 1. The SMILES string of the molecule is CC(=O)N1CCC(N2CC[C@H](c3nc4ncccc4[nH]3)C2)CC1. The number of aromatic amines is 1. The maximum atomic E-state index is 11.4. The lowest BCUT2D eigenvalue weighted by molar-refractivity contribution is -0.130. The second-order valence-corrected chi connectivity index (χ2v) is 6.71. The van der Waals surface area contributed by atoms with E-state index in [1.807, 2.05) is 17.0 Å². The molecule has 0 aliphatic carbocycles. The van der Waals surface area contributed by atoms with Crippen LogP contribution in [0.1, 0.15) is 37.9 Å². The fourth-order valence-electron chi connectivity index (χ4n) is 3.95. The van der Waals surface area contributed by atoms with Gasteiger partial charge < -0.3 is 9.88 Å². The van der Waals surface area contributed by atoms with E-state index in [-0.39, 0.29) is 5.91 Å². The summed E-state index contributed by atoms with van der Waals surface area (Å²) in [4.78, 5) is 28.4. The third-order valence-electron chi connectivity index (χ3n) is 5.31. The molecule has 4 rings (SSSR count). The van der Waals surface area contributed by atoms with Gasteiger partial charge in [0.05, 0.1) is 5.52 Å². The maximum absolute atomic E-state index is 11.4. The Morgan fingerprint density at radius 1 is 1.26 bits per heavy atom. The van der Waals surface area contributed by atoms with Crippen molar-refractivity contribution in [3.63, 3.8) is 0 Å². The Balaban J connectivity index is 1.40. The molecule has 0 saturated carbocycles. The minimum atomic E-state index is 0.206. The molecule has 23 heavy (non-hydrogen) atoms. The molecule has 0 bridgehead atoms. The highest BCUT2D eigenvalue weighted by atomic mass is 16.2. The van der Waals surface area contributed by atoms with Gasteiger partial charge in [-0.3, -0.25) is 9.69 Å². The molecular weight excluding hydrogens is 290 g/mol. The summed E-state index contributed by atoms with van der Waals surface area (Å²) in [6.45, 7) is 5.65. The van der Waals surface area contributed by atoms with Crippen molar-refractivity contribution in [2.75, 3.05) is 26.2 Å². The smallest absolute Gasteiger partial charge is 0.219 e. The summed E-state index contributed by atoms with van der Waals surface area (Å²) >= 11 is 0. The number of carbonyl (C=O) groups excluding carboxylic acids is 1. The van der Waals surface area contributed by atoms with Crippen LogP contribution < -0.4 is 0 Å². The van der Waals surface area contributed by atoms with E-state index in [1.165, 1.54) is 0 Å². The third kappa shape index (κ3) is 2.83. The van der Waals surface area contributed by atoms with Crippen LogP contribution in [0.2, 0.25) is 0 Å². The van der Waals surface area contributed by atoms with Crippen LogP contribution in [-0.4, -0.2) is 62.9 Å². The molecule has 2 fully saturated rings. The Bertz CT molecular complexity index is 671. The van der Waals surface area contributed by atoms with E-state index in [0.717, 1.165) is 62.4 Å². The quantitative estimate of drug-likeness (QED) is 0.917. The molecule has 0 unspecified atom stereocenters. The number of nitrogens with zero attached hydrogens (tertiary/aromatic N) is 4. The van der Waals surface area contributed by atoms with Crippen molar-refractivity contribution < 1.29 is 4.79 Å². The topological polar surface area (TPSA) is 65.1 Å². The predicted molar refractivity (Wildman–Crippen MR) is 88.1 cm³/mol. The lowest BCUT2D eigenvalue weighted by Gasteiger charge is -2.36. The fourth-order valence-corrected chi connectivity index (χ4v) is 3.95. The van der Waals surface area contributed by atoms with Gasteiger partial charge >= 0.3 is 0 Å². The molecule has 122 valence electrons. The van der Waals surface area contributed by atoms with Crippen LogP contribution in [-0.2, 0) is 4.79 Å². The van der Waals surface area contributed by atoms with Crippen LogP contribution in [0.4, 0.5) is 0 Å². The minimum absolute atomic E-state index is 0.206. The van der Waals surface area contributed by atoms with Gasteiger partial charge in [0, 0.05) is 44.7 Å². The Hall–Kier alpha value is -1.95. The number of likely N-dealkylation sites (tertiary alicyclic amines) is 2. The van der Waals surface area contributed by atoms with Gasteiger partial charge in [-0.25, -0.2) is 9.97 Å². The van der Waals surface area contributed by atoms with Gasteiger partial charge in [-0.05, 0) is 37.9 Å². The van der Waals surface area contributed by atoms with Crippen LogP contribution in [0.5, 0.6) is 0 Å². The molecule has 0 spiro atoms. The molecule has 1 amide bonds. The number of rotatable bonds is 2. The number of hydrogen-bond acceptors (Lipinski definition) is 4. The van der Waals surface area contributed by atoms with E-state index in [4.69, 9.17) is 0 Å². The number of nitrogens with one attached hydrogen (secondary N) is 1. The first-order valence-electron chi connectivity index (χ1n) is 8.51. The fraction of sp³-hybridized carbons (Fsp3) is 0.588. The monoisotopic (exact) mass is 313 g/mol. The van der Waals surface area contributed by atoms with E-state index in [1.54, 1.807) is 13.1 Å². The zero-order chi connectivity index (χ0) is 15.8. The zero-order valence-electron chi connectivity index (χ0n) is 13.5. The van der Waals surface area contributed by atoms with Crippen LogP contribution >= 0.6 is 0 Å². The van der Waals surface area contributed by atoms with Crippen molar-refractivity contribution in [3.05, 3.63) is 24.2 Å². The summed E-state index contributed by atoms with van der Waals surface area (Å²) in [6, 6.07) is 4.58. The number of imidazole rings is 1. The van der Waals surface area contributed by atoms with Crippen molar-refractivity contribution in [2.24, 2.45) is 0 Å². The summed E-state index contributed by atoms with van der Waals surface area (Å²) in [5.74, 6) is 1.75. The van der Waals surface area contributed by atoms with E-state index < -0.39 is 0 Å². The van der Waals surface area contributed by atoms with Gasteiger partial charge in [0.15, 0.2) is 5.65 Å². The highest BCUT2D eigenvalue weighted by molar-refractivity contribution is 5.73. The molecule has 2 saturated heterocycles. The van der Waals surface area contributed by atoms with Gasteiger partial charge in [-0.15, -0.1) is 0 Å². The van der Waals surface area contributed by atoms with E-state index in [2.05, 4.69) is 19.9 Å². The van der Waals surface area contributed by atoms with Gasteiger partial charge in [-0.2, -0.15) is 0 Å². The molecule has 0 radical (unpaired) electrons. The normalized spacial score (nSPS) is 23.7. The highest BCUT2D eigenvalue weighted by Crippen LogP contribution is 2.30. The maximum Gasteiger partial charge on any atom is 0.219 e. The third-order valence-corrected chi connectivity index (χ3v) is 5.31. The standard InChI is InChI=1S/C17H23N5O/c1-12(23)21-9-5-14(6-10-21)22-8-4-13(11-22)16-19-15-3-2-7-18-17(15)20-16/h2-3,7,13-14H,4-6,8-11H2,1H3,(H,18,19,20)/t13-/m0/s1. The molecule has 0 aromatic carbocycles. The number of hydrogen-bond donors (Lipinski definition) is 1. The molecule has 2 aromatic rings. The Morgan fingerprint density at radius 3 is 2.83 bits per heavy atom. The second kappa shape index (κ2) is 5.92. The Morgan fingerprint density at radius 2 is 2.09 bits per heavy atom. The largest absolute Gasteiger partial charge is 0.343 e. The summed E-state index contributed by atoms with van der Waals surface area (Å²) in [6.07, 6.45) is 5.12. The number of amides is 1. The van der Waals surface area contributed by atoms with E-state index in [9.17, 15) is 4.79 Å². The van der Waals surface area contributed by atoms with Crippen LogP contribution in [0.3, 0.4) is 0 Å². The number of piperidine rings is 1. The average Bonchev–Trinajstić information content (AvgIpc) is 3.21. The molecule has 1 N–H and O–H groups in total. The number of carbonyl (C=O) groups is 1. The first-order valence-corrected chi connectivity index (χ1v) is 8.51. The molecule has 6 heteroatoms. The Kier molecular flexibility index (Phi) is 3.77. The molecule has 6 nitrogen and oxygen atoms in total. The van der Waals surface area contributed by atoms with Crippen molar-refractivity contribution >= 4 is 17.1 Å². The minimum Gasteiger partial charge on any atom is -0.343 e. The van der Waals surface area contributed by atoms with Gasteiger partial charge in [-0.1, -0.05) is 0 Å². The van der Waals surface area contributed by atoms with Crippen LogP contribution in [0.15, 0.2) is 18.3 Å². The first kappa shape index (κ1) is 14.6. The lowest BCUT2D eigenvalue weighted by atomic mass is 10.0. The molecule has 2 aromatic heterocycles. The van der Waals surface area contributed by atoms with Gasteiger partial charge in [0.1, 0.15) is 5.82 Å². The summed E-state index contributed by atoms with van der Waals surface area (Å²) in [5.41, 5.74) is 1.84. The predicted octanol–water partition coefficient (Wildman–Crippen LogP) is 1.76. The lowest BCUT2D eigenvalue weighted by Crippen LogP contribution is -2.45. The summed E-state index contributed by atoms with van der Waals surface area (Å²) in [5, 5.41) is 0. The summed E-state index contributed by atoms with van der Waals surface area (Å²) in [7, 11) is 0. The molecular formula is C17H23N5O. The van der Waals surface area contributed by atoms with Crippen LogP contribution in [0, 0.1) is 0 Å². The molecule has 2 aliphatic heterocycles. The Labute approximate surface area is 135 Å². The zero-order valence-corrected chi connectivity index (χ0v) is 13.5. The van der Waals surface area contributed by atoms with E-state index >= 15 is 0 Å². The summed E-state index contributed by atoms with van der Waals surface area (Å²) < 4.78 is 0. The molecule has 2 aliphatic rings. The number of H-pyrrole nitrogens is 1. The second-order valence-electron chi connectivity index (χ2n) is 6.71. The van der Waals surface area contributed by atoms with Crippen LogP contribution in [0.25, 0.3) is 11.2 Å². The number of pyridine rings is 1. The first-order chi connectivity index (χ1) is 11.2. The molecule has 4 heterocycles. The highest BCUT2D eigenvalue weighted by Gasteiger charge is 2.33. The average molecular weight is 313 g/mol. The van der Waals surface area contributed by atoms with Gasteiger partial charge in [0.25, 0.3) is 0 Å². The van der Waals surface area contributed by atoms with Crippen molar-refractivity contribution in [3.8, 4) is 0 Å². The molecule has 1 atom stereocenters. The van der Waals surface area contributed by atoms with Gasteiger partial charge in [0.2, 0.25) is 5.91 Å². The van der Waals surface area contributed by atoms with Crippen molar-refractivity contribution in [1.29, 1.82) is 0 Å². The van der Waals surface area contributed by atoms with E-state index in [0.29, 0.717) is 12.0 Å². The van der Waals surface area contributed by atoms with Crippen molar-refractivity contribution in [2.45, 2.75) is 38.1 Å².